The monoisotopic (exact) mass is 596 g/mol. The molecule has 0 radical (unpaired) electrons. The van der Waals surface area contributed by atoms with Gasteiger partial charge in [0.15, 0.2) is 0 Å². The molecule has 0 spiro atoms. The van der Waals surface area contributed by atoms with Crippen molar-refractivity contribution in [3.63, 3.8) is 0 Å². The molecule has 3 amide bonds. The van der Waals surface area contributed by atoms with Crippen LogP contribution >= 0.6 is 58.0 Å². The third kappa shape index (κ3) is 3.98. The Labute approximate surface area is 237 Å². The molecule has 3 aromatic carbocycles. The van der Waals surface area contributed by atoms with Crippen LogP contribution in [0.4, 0.5) is 5.69 Å². The van der Waals surface area contributed by atoms with Gasteiger partial charge in [-0.15, -0.1) is 0 Å². The van der Waals surface area contributed by atoms with Gasteiger partial charge in [-0.2, -0.15) is 0 Å². The number of amides is 3. The largest absolute Gasteiger partial charge is 0.494 e. The highest BCUT2D eigenvalue weighted by molar-refractivity contribution is 6.55. The van der Waals surface area contributed by atoms with Gasteiger partial charge in [-0.1, -0.05) is 70.1 Å². The molecule has 6 nitrogen and oxygen atoms in total. The minimum Gasteiger partial charge on any atom is -0.494 e. The molecule has 5 rings (SSSR count). The van der Waals surface area contributed by atoms with E-state index in [9.17, 15) is 14.4 Å². The third-order valence-electron chi connectivity index (χ3n) is 6.43. The number of aryl methyl sites for hydroxylation is 1. The lowest BCUT2D eigenvalue weighted by atomic mass is 9.85. The van der Waals surface area contributed by atoms with E-state index in [0.29, 0.717) is 28.6 Å². The lowest BCUT2D eigenvalue weighted by Gasteiger charge is -2.50. The van der Waals surface area contributed by atoms with Crippen LogP contribution in [0.2, 0.25) is 25.1 Å². The molecular formula is C26H17Cl5N2O4. The highest BCUT2D eigenvalue weighted by Gasteiger charge is 2.58. The number of β-lactam (4-membered cyclic amide) rings is 1. The van der Waals surface area contributed by atoms with E-state index < -0.39 is 29.8 Å². The predicted molar refractivity (Wildman–Crippen MR) is 145 cm³/mol. The van der Waals surface area contributed by atoms with Crippen LogP contribution in [0.1, 0.15) is 44.8 Å². The van der Waals surface area contributed by atoms with Crippen molar-refractivity contribution in [1.29, 1.82) is 0 Å². The van der Waals surface area contributed by atoms with Gasteiger partial charge in [-0.25, -0.2) is 0 Å². The molecule has 3 aromatic rings. The number of halogens is 5. The average Bonchev–Trinajstić information content (AvgIpc) is 3.12. The summed E-state index contributed by atoms with van der Waals surface area (Å²) in [6, 6.07) is 10.4. The van der Waals surface area contributed by atoms with Gasteiger partial charge in [-0.05, 0) is 55.3 Å². The number of fused-ring (bicyclic) bond motifs is 1. The normalized spacial score (nSPS) is 18.8. The number of carbonyl (C=O) groups is 3. The molecule has 11 heteroatoms. The van der Waals surface area contributed by atoms with Gasteiger partial charge in [0.2, 0.25) is 0 Å². The first-order valence-electron chi connectivity index (χ1n) is 11.1. The van der Waals surface area contributed by atoms with Crippen LogP contribution in [0.3, 0.4) is 0 Å². The van der Waals surface area contributed by atoms with Gasteiger partial charge < -0.3 is 9.64 Å². The molecule has 2 heterocycles. The summed E-state index contributed by atoms with van der Waals surface area (Å²) >= 11 is 31.1. The van der Waals surface area contributed by atoms with E-state index in [1.165, 1.54) is 0 Å². The van der Waals surface area contributed by atoms with Crippen molar-refractivity contribution in [1.82, 2.24) is 4.90 Å². The van der Waals surface area contributed by atoms with Crippen LogP contribution in [0.5, 0.6) is 5.75 Å². The topological polar surface area (TPSA) is 66.9 Å². The SMILES string of the molecule is CCOc1ccc([C@@H]2[C@@H](N3C(=O)c4c(Cl)c(Cl)c(Cl)c(Cl)c4C3=O)C(=O)N2c2ccc(Cl)cc2C)cc1. The summed E-state index contributed by atoms with van der Waals surface area (Å²) in [6.45, 7) is 4.18. The van der Waals surface area contributed by atoms with Gasteiger partial charge >= 0.3 is 0 Å². The van der Waals surface area contributed by atoms with Gasteiger partial charge in [-0.3, -0.25) is 19.3 Å². The number of anilines is 1. The van der Waals surface area contributed by atoms with Crippen LogP contribution in [0.25, 0.3) is 0 Å². The Morgan fingerprint density at radius 1 is 0.757 bits per heavy atom. The zero-order valence-electron chi connectivity index (χ0n) is 19.3. The highest BCUT2D eigenvalue weighted by atomic mass is 35.5. The molecule has 37 heavy (non-hydrogen) atoms. The van der Waals surface area contributed by atoms with Crippen molar-refractivity contribution in [3.05, 3.63) is 89.8 Å². The van der Waals surface area contributed by atoms with Crippen molar-refractivity contribution in [2.24, 2.45) is 0 Å². The Hall–Kier alpha value is -2.48. The number of hydrogen-bond acceptors (Lipinski definition) is 4. The summed E-state index contributed by atoms with van der Waals surface area (Å²) in [4.78, 5) is 43.2. The van der Waals surface area contributed by atoms with Crippen LogP contribution in [-0.4, -0.2) is 35.3 Å². The lowest BCUT2D eigenvalue weighted by molar-refractivity contribution is -0.130. The molecule has 2 aliphatic heterocycles. The summed E-state index contributed by atoms with van der Waals surface area (Å²) in [5.41, 5.74) is 1.69. The molecule has 0 N–H and O–H groups in total. The van der Waals surface area contributed by atoms with Gasteiger partial charge in [0.1, 0.15) is 11.8 Å². The molecule has 2 atom stereocenters. The smallest absolute Gasteiger partial charge is 0.264 e. The number of benzene rings is 3. The maximum absolute atomic E-state index is 13.7. The highest BCUT2D eigenvalue weighted by Crippen LogP contribution is 2.49. The zero-order chi connectivity index (χ0) is 26.8. The first-order valence-corrected chi connectivity index (χ1v) is 13.0. The van der Waals surface area contributed by atoms with Crippen LogP contribution in [-0.2, 0) is 4.79 Å². The first-order chi connectivity index (χ1) is 17.6. The molecule has 0 unspecified atom stereocenters. The Morgan fingerprint density at radius 3 is 1.84 bits per heavy atom. The lowest BCUT2D eigenvalue weighted by Crippen LogP contribution is -2.67. The molecule has 0 aromatic heterocycles. The summed E-state index contributed by atoms with van der Waals surface area (Å²) in [5, 5.41) is -0.154. The Balaban J connectivity index is 1.63. The van der Waals surface area contributed by atoms with E-state index in [4.69, 9.17) is 62.7 Å². The minimum atomic E-state index is -1.16. The van der Waals surface area contributed by atoms with Crippen LogP contribution in [0, 0.1) is 6.92 Å². The zero-order valence-corrected chi connectivity index (χ0v) is 23.1. The maximum Gasteiger partial charge on any atom is 0.264 e. The van der Waals surface area contributed by atoms with E-state index in [1.807, 2.05) is 13.8 Å². The fraction of sp³-hybridized carbons (Fsp3) is 0.192. The second-order valence-corrected chi connectivity index (χ2v) is 10.5. The van der Waals surface area contributed by atoms with Gasteiger partial charge in [0.25, 0.3) is 17.7 Å². The van der Waals surface area contributed by atoms with Crippen molar-refractivity contribution in [2.45, 2.75) is 25.9 Å². The number of carbonyl (C=O) groups excluding carboxylic acids is 3. The quantitative estimate of drug-likeness (QED) is 0.133. The van der Waals surface area contributed by atoms with Crippen molar-refractivity contribution in [3.8, 4) is 5.75 Å². The second-order valence-electron chi connectivity index (χ2n) is 8.52. The first kappa shape index (κ1) is 26.1. The summed E-state index contributed by atoms with van der Waals surface area (Å²) in [5.74, 6) is -1.35. The number of imide groups is 1. The minimum absolute atomic E-state index is 0.142. The van der Waals surface area contributed by atoms with Crippen molar-refractivity contribution < 1.29 is 19.1 Å². The number of nitrogens with zero attached hydrogens (tertiary/aromatic N) is 2. The second kappa shape index (κ2) is 9.68. The molecule has 0 aliphatic carbocycles. The van der Waals surface area contributed by atoms with Gasteiger partial charge in [0, 0.05) is 10.7 Å². The maximum atomic E-state index is 13.7. The number of rotatable bonds is 5. The fourth-order valence-corrected chi connectivity index (χ4v) is 6.00. The Morgan fingerprint density at radius 2 is 1.32 bits per heavy atom. The molecule has 1 saturated heterocycles. The molecule has 2 aliphatic rings. The van der Waals surface area contributed by atoms with E-state index >= 15 is 0 Å². The number of hydrogen-bond donors (Lipinski definition) is 0. The van der Waals surface area contributed by atoms with E-state index in [1.54, 1.807) is 47.4 Å². The Kier molecular flexibility index (Phi) is 6.84. The van der Waals surface area contributed by atoms with E-state index in [-0.39, 0.29) is 31.2 Å². The fourth-order valence-electron chi connectivity index (χ4n) is 4.76. The van der Waals surface area contributed by atoms with E-state index in [2.05, 4.69) is 0 Å². The average molecular weight is 599 g/mol. The van der Waals surface area contributed by atoms with Crippen molar-refractivity contribution in [2.75, 3.05) is 11.5 Å². The Bertz CT molecular complexity index is 1440. The summed E-state index contributed by atoms with van der Waals surface area (Å²) < 4.78 is 5.54. The molecular weight excluding hydrogens is 582 g/mol. The van der Waals surface area contributed by atoms with Crippen molar-refractivity contribution >= 4 is 81.4 Å². The van der Waals surface area contributed by atoms with Gasteiger partial charge in [0.05, 0.1) is 43.9 Å². The molecule has 0 bridgehead atoms. The molecule has 190 valence electrons. The number of ether oxygens (including phenoxy) is 1. The summed E-state index contributed by atoms with van der Waals surface area (Å²) in [7, 11) is 0. The predicted octanol–water partition coefficient (Wildman–Crippen LogP) is 7.41. The molecule has 0 saturated carbocycles. The summed E-state index contributed by atoms with van der Waals surface area (Å²) in [6.07, 6.45) is 0. The van der Waals surface area contributed by atoms with Crippen LogP contribution in [0.15, 0.2) is 42.5 Å². The third-order valence-corrected chi connectivity index (χ3v) is 8.47. The standard InChI is InChI=1S/C26H17Cl5N2O4/c1-3-37-14-7-4-12(5-8-14)22-23(26(36)32(22)15-9-6-13(27)10-11(15)2)33-24(34)16-17(25(33)35)19(29)21(31)20(30)18(16)28/h4-10,22-23H,3H2,1-2H3/t22-,23-/m1/s1. The van der Waals surface area contributed by atoms with Crippen LogP contribution < -0.4 is 9.64 Å². The van der Waals surface area contributed by atoms with E-state index in [0.717, 1.165) is 10.5 Å². The molecule has 1 fully saturated rings.